The summed E-state index contributed by atoms with van der Waals surface area (Å²) in [5.41, 5.74) is 1.13. The Morgan fingerprint density at radius 3 is 2.88 bits per heavy atom. The molecular formula is C11H13BrN4. The molecule has 0 aliphatic rings. The lowest BCUT2D eigenvalue weighted by Gasteiger charge is -2.13. The Labute approximate surface area is 103 Å². The van der Waals surface area contributed by atoms with Gasteiger partial charge in [0, 0.05) is 18.6 Å². The molecule has 2 heterocycles. The minimum Gasteiger partial charge on any atom is -0.359 e. The van der Waals surface area contributed by atoms with Gasteiger partial charge in [-0.2, -0.15) is 0 Å². The van der Waals surface area contributed by atoms with E-state index in [9.17, 15) is 0 Å². The summed E-state index contributed by atoms with van der Waals surface area (Å²) in [7, 11) is 0. The number of pyridine rings is 1. The third-order valence-corrected chi connectivity index (χ3v) is 2.87. The van der Waals surface area contributed by atoms with Gasteiger partial charge in [-0.05, 0) is 41.4 Å². The molecule has 5 heteroatoms. The monoisotopic (exact) mass is 280 g/mol. The van der Waals surface area contributed by atoms with Crippen LogP contribution in [0.15, 0.2) is 29.1 Å². The fourth-order valence-corrected chi connectivity index (χ4v) is 2.01. The smallest absolute Gasteiger partial charge is 0.140 e. The van der Waals surface area contributed by atoms with Crippen LogP contribution < -0.4 is 5.32 Å². The number of hydrogen-bond acceptors (Lipinski definition) is 3. The van der Waals surface area contributed by atoms with Gasteiger partial charge < -0.3 is 10.3 Å². The lowest BCUT2D eigenvalue weighted by Crippen LogP contribution is -2.10. The van der Waals surface area contributed by atoms with Crippen LogP contribution in [-0.2, 0) is 0 Å². The number of nitrogens with one attached hydrogen (secondary N) is 2. The van der Waals surface area contributed by atoms with Crippen LogP contribution in [0.5, 0.6) is 0 Å². The van der Waals surface area contributed by atoms with E-state index in [1.807, 2.05) is 32.3 Å². The lowest BCUT2D eigenvalue weighted by molar-refractivity contribution is 0.802. The standard InChI is InChI=1S/C11H13BrN4/c1-7-5-9(12)11(15-6-7)16-8(2)10-13-3-4-14-10/h3-6,8H,1-2H3,(H,13,14)(H,15,16). The van der Waals surface area contributed by atoms with Crippen LogP contribution in [0.2, 0.25) is 0 Å². The van der Waals surface area contributed by atoms with Gasteiger partial charge in [0.1, 0.15) is 11.6 Å². The summed E-state index contributed by atoms with van der Waals surface area (Å²) in [5.74, 6) is 1.73. The summed E-state index contributed by atoms with van der Waals surface area (Å²) in [6, 6.07) is 2.13. The minimum absolute atomic E-state index is 0.0986. The third-order valence-electron chi connectivity index (χ3n) is 2.26. The highest BCUT2D eigenvalue weighted by Gasteiger charge is 2.10. The van der Waals surface area contributed by atoms with E-state index in [-0.39, 0.29) is 6.04 Å². The van der Waals surface area contributed by atoms with E-state index in [1.54, 1.807) is 6.20 Å². The second kappa shape index (κ2) is 4.65. The Hall–Kier alpha value is -1.36. The molecule has 2 aromatic rings. The number of rotatable bonds is 3. The summed E-state index contributed by atoms with van der Waals surface area (Å²) in [6.45, 7) is 4.05. The van der Waals surface area contributed by atoms with E-state index in [1.165, 1.54) is 0 Å². The molecule has 0 spiro atoms. The van der Waals surface area contributed by atoms with Crippen molar-refractivity contribution in [2.75, 3.05) is 5.32 Å². The molecule has 0 bridgehead atoms. The van der Waals surface area contributed by atoms with Gasteiger partial charge in [-0.1, -0.05) is 0 Å². The first-order valence-corrected chi connectivity index (χ1v) is 5.84. The number of aryl methyl sites for hydroxylation is 1. The lowest BCUT2D eigenvalue weighted by atomic mass is 10.3. The zero-order valence-corrected chi connectivity index (χ0v) is 10.7. The van der Waals surface area contributed by atoms with E-state index < -0.39 is 0 Å². The van der Waals surface area contributed by atoms with E-state index in [2.05, 4.69) is 36.2 Å². The van der Waals surface area contributed by atoms with Crippen molar-refractivity contribution in [1.82, 2.24) is 15.0 Å². The van der Waals surface area contributed by atoms with Gasteiger partial charge in [0.05, 0.1) is 10.5 Å². The van der Waals surface area contributed by atoms with Crippen molar-refractivity contribution < 1.29 is 0 Å². The van der Waals surface area contributed by atoms with Crippen molar-refractivity contribution in [2.45, 2.75) is 19.9 Å². The Bertz CT molecular complexity index is 467. The minimum atomic E-state index is 0.0986. The van der Waals surface area contributed by atoms with E-state index >= 15 is 0 Å². The van der Waals surface area contributed by atoms with Crippen molar-refractivity contribution in [3.05, 3.63) is 40.5 Å². The number of imidazole rings is 1. The van der Waals surface area contributed by atoms with Crippen molar-refractivity contribution in [3.63, 3.8) is 0 Å². The highest BCUT2D eigenvalue weighted by Crippen LogP contribution is 2.23. The van der Waals surface area contributed by atoms with Gasteiger partial charge >= 0.3 is 0 Å². The molecule has 0 fully saturated rings. The van der Waals surface area contributed by atoms with Gasteiger partial charge in [-0.3, -0.25) is 0 Å². The number of anilines is 1. The van der Waals surface area contributed by atoms with Crippen LogP contribution in [0.25, 0.3) is 0 Å². The van der Waals surface area contributed by atoms with Crippen LogP contribution >= 0.6 is 15.9 Å². The molecule has 16 heavy (non-hydrogen) atoms. The second-order valence-corrected chi connectivity index (χ2v) is 4.54. The largest absolute Gasteiger partial charge is 0.359 e. The topological polar surface area (TPSA) is 53.6 Å². The molecule has 84 valence electrons. The number of H-pyrrole nitrogens is 1. The summed E-state index contributed by atoms with van der Waals surface area (Å²) in [5, 5.41) is 3.29. The van der Waals surface area contributed by atoms with Gasteiger partial charge in [0.25, 0.3) is 0 Å². The average Bonchev–Trinajstić information content (AvgIpc) is 2.75. The van der Waals surface area contributed by atoms with Gasteiger partial charge in [0.2, 0.25) is 0 Å². The fraction of sp³-hybridized carbons (Fsp3) is 0.273. The van der Waals surface area contributed by atoms with E-state index in [4.69, 9.17) is 0 Å². The second-order valence-electron chi connectivity index (χ2n) is 3.68. The summed E-state index contributed by atoms with van der Waals surface area (Å²) >= 11 is 3.48. The number of nitrogens with zero attached hydrogens (tertiary/aromatic N) is 2. The van der Waals surface area contributed by atoms with Crippen LogP contribution in [0.4, 0.5) is 5.82 Å². The first-order valence-electron chi connectivity index (χ1n) is 5.05. The molecular weight excluding hydrogens is 268 g/mol. The van der Waals surface area contributed by atoms with Gasteiger partial charge in [-0.15, -0.1) is 0 Å². The molecule has 0 aromatic carbocycles. The van der Waals surface area contributed by atoms with E-state index in [0.717, 1.165) is 21.7 Å². The Kier molecular flexibility index (Phi) is 3.24. The maximum Gasteiger partial charge on any atom is 0.140 e. The normalized spacial score (nSPS) is 12.4. The predicted octanol–water partition coefficient (Wildman–Crippen LogP) is 3.05. The first kappa shape index (κ1) is 11.1. The van der Waals surface area contributed by atoms with Crippen molar-refractivity contribution in [3.8, 4) is 0 Å². The molecule has 2 rings (SSSR count). The molecule has 0 radical (unpaired) electrons. The van der Waals surface area contributed by atoms with Crippen LogP contribution in [0.3, 0.4) is 0 Å². The quantitative estimate of drug-likeness (QED) is 0.909. The third kappa shape index (κ3) is 2.41. The van der Waals surface area contributed by atoms with Gasteiger partial charge in [0.15, 0.2) is 0 Å². The zero-order chi connectivity index (χ0) is 11.5. The number of aromatic nitrogens is 3. The summed E-state index contributed by atoms with van der Waals surface area (Å²) in [6.07, 6.45) is 5.39. The molecule has 4 nitrogen and oxygen atoms in total. The molecule has 0 aliphatic heterocycles. The number of halogens is 1. The molecule has 1 unspecified atom stereocenters. The molecule has 1 atom stereocenters. The Morgan fingerprint density at radius 2 is 2.25 bits per heavy atom. The highest BCUT2D eigenvalue weighted by atomic mass is 79.9. The summed E-state index contributed by atoms with van der Waals surface area (Å²) < 4.78 is 0.964. The van der Waals surface area contributed by atoms with Crippen molar-refractivity contribution in [1.29, 1.82) is 0 Å². The zero-order valence-electron chi connectivity index (χ0n) is 9.16. The van der Waals surface area contributed by atoms with Crippen molar-refractivity contribution >= 4 is 21.7 Å². The Balaban J connectivity index is 2.15. The Morgan fingerprint density at radius 1 is 1.44 bits per heavy atom. The van der Waals surface area contributed by atoms with Crippen LogP contribution in [0.1, 0.15) is 24.4 Å². The maximum absolute atomic E-state index is 4.33. The molecule has 0 amide bonds. The van der Waals surface area contributed by atoms with E-state index in [0.29, 0.717) is 0 Å². The molecule has 2 N–H and O–H groups in total. The average molecular weight is 281 g/mol. The molecule has 2 aromatic heterocycles. The number of aromatic amines is 1. The highest BCUT2D eigenvalue weighted by molar-refractivity contribution is 9.10. The van der Waals surface area contributed by atoms with Crippen LogP contribution in [0, 0.1) is 6.92 Å². The maximum atomic E-state index is 4.33. The fourth-order valence-electron chi connectivity index (χ4n) is 1.43. The predicted molar refractivity (Wildman–Crippen MR) is 67.3 cm³/mol. The van der Waals surface area contributed by atoms with Crippen LogP contribution in [-0.4, -0.2) is 15.0 Å². The van der Waals surface area contributed by atoms with Crippen molar-refractivity contribution in [2.24, 2.45) is 0 Å². The molecule has 0 saturated carbocycles. The van der Waals surface area contributed by atoms with Gasteiger partial charge in [-0.25, -0.2) is 9.97 Å². The molecule has 0 saturated heterocycles. The number of hydrogen-bond donors (Lipinski definition) is 2. The summed E-state index contributed by atoms with van der Waals surface area (Å²) in [4.78, 5) is 11.6. The molecule has 0 aliphatic carbocycles. The SMILES string of the molecule is Cc1cnc(NC(C)c2ncc[nH]2)c(Br)c1. The first-order chi connectivity index (χ1) is 7.66.